The predicted octanol–water partition coefficient (Wildman–Crippen LogP) is 1.57. The van der Waals surface area contributed by atoms with Gasteiger partial charge in [-0.15, -0.1) is 0 Å². The second-order valence-electron chi connectivity index (χ2n) is 4.18. The van der Waals surface area contributed by atoms with Gasteiger partial charge >= 0.3 is 0 Å². The monoisotopic (exact) mass is 179 g/mol. The molecule has 3 nitrogen and oxygen atoms in total. The van der Waals surface area contributed by atoms with Crippen molar-refractivity contribution in [1.29, 1.82) is 0 Å². The van der Waals surface area contributed by atoms with Crippen LogP contribution in [-0.4, -0.2) is 16.3 Å². The second kappa shape index (κ2) is 3.50. The van der Waals surface area contributed by atoms with E-state index in [2.05, 4.69) is 30.5 Å². The minimum Gasteiger partial charge on any atom is -0.310 e. The summed E-state index contributed by atoms with van der Waals surface area (Å²) in [5, 5.41) is 7.71. The zero-order valence-corrected chi connectivity index (χ0v) is 8.33. The summed E-state index contributed by atoms with van der Waals surface area (Å²) < 4.78 is 2.04. The molecule has 0 aromatic carbocycles. The van der Waals surface area contributed by atoms with Crippen molar-refractivity contribution in [2.75, 3.05) is 6.54 Å². The lowest BCUT2D eigenvalue weighted by atomic mass is 10.0. The topological polar surface area (TPSA) is 29.9 Å². The van der Waals surface area contributed by atoms with Gasteiger partial charge in [0.25, 0.3) is 0 Å². The molecule has 3 heteroatoms. The summed E-state index contributed by atoms with van der Waals surface area (Å²) in [6, 6.07) is 0.570. The Morgan fingerprint density at radius 1 is 1.69 bits per heavy atom. The molecule has 1 aliphatic rings. The van der Waals surface area contributed by atoms with Crippen LogP contribution in [0.1, 0.15) is 31.9 Å². The summed E-state index contributed by atoms with van der Waals surface area (Å²) in [5.74, 6) is 0.669. The average Bonchev–Trinajstić information content (AvgIpc) is 2.31. The SMILES string of the molecule is CC(C)Cn1cc(C2CCN2)cn1. The van der Waals surface area contributed by atoms with Crippen molar-refractivity contribution >= 4 is 0 Å². The third-order valence-electron chi connectivity index (χ3n) is 2.43. The fourth-order valence-electron chi connectivity index (χ4n) is 1.61. The van der Waals surface area contributed by atoms with Crippen LogP contribution >= 0.6 is 0 Å². The van der Waals surface area contributed by atoms with Crippen LogP contribution in [0, 0.1) is 5.92 Å². The van der Waals surface area contributed by atoms with Crippen molar-refractivity contribution in [2.45, 2.75) is 32.9 Å². The molecule has 0 aliphatic carbocycles. The van der Waals surface area contributed by atoms with Crippen LogP contribution in [0.3, 0.4) is 0 Å². The van der Waals surface area contributed by atoms with Gasteiger partial charge in [0.2, 0.25) is 0 Å². The molecule has 1 atom stereocenters. The molecule has 0 spiro atoms. The van der Waals surface area contributed by atoms with Gasteiger partial charge in [-0.3, -0.25) is 4.68 Å². The summed E-state index contributed by atoms with van der Waals surface area (Å²) in [6.45, 7) is 6.60. The van der Waals surface area contributed by atoms with Gasteiger partial charge in [-0.1, -0.05) is 13.8 Å². The second-order valence-corrected chi connectivity index (χ2v) is 4.18. The third kappa shape index (κ3) is 1.91. The molecule has 1 aromatic heterocycles. The summed E-state index contributed by atoms with van der Waals surface area (Å²) in [6.07, 6.45) is 5.41. The minimum atomic E-state index is 0.570. The fourth-order valence-corrected chi connectivity index (χ4v) is 1.61. The third-order valence-corrected chi connectivity index (χ3v) is 2.43. The lowest BCUT2D eigenvalue weighted by Gasteiger charge is -2.26. The molecule has 0 radical (unpaired) electrons. The van der Waals surface area contributed by atoms with E-state index in [-0.39, 0.29) is 0 Å². The molecular formula is C10H17N3. The van der Waals surface area contributed by atoms with E-state index in [1.165, 1.54) is 12.0 Å². The standard InChI is InChI=1S/C10H17N3/c1-8(2)6-13-7-9(5-12-13)10-3-4-11-10/h5,7-8,10-11H,3-4,6H2,1-2H3. The van der Waals surface area contributed by atoms with E-state index in [1.807, 2.05) is 10.9 Å². The van der Waals surface area contributed by atoms with E-state index < -0.39 is 0 Å². The smallest absolute Gasteiger partial charge is 0.0537 e. The van der Waals surface area contributed by atoms with Crippen LogP contribution in [0.25, 0.3) is 0 Å². The van der Waals surface area contributed by atoms with Gasteiger partial charge in [-0.05, 0) is 18.9 Å². The largest absolute Gasteiger partial charge is 0.310 e. The Morgan fingerprint density at radius 3 is 3.00 bits per heavy atom. The highest BCUT2D eigenvalue weighted by atomic mass is 15.3. The Morgan fingerprint density at radius 2 is 2.46 bits per heavy atom. The highest BCUT2D eigenvalue weighted by molar-refractivity contribution is 5.13. The molecule has 1 saturated heterocycles. The number of nitrogens with zero attached hydrogens (tertiary/aromatic N) is 2. The van der Waals surface area contributed by atoms with Crippen molar-refractivity contribution < 1.29 is 0 Å². The van der Waals surface area contributed by atoms with Gasteiger partial charge in [-0.25, -0.2) is 0 Å². The summed E-state index contributed by atoms with van der Waals surface area (Å²) in [7, 11) is 0. The first-order valence-corrected chi connectivity index (χ1v) is 5.01. The van der Waals surface area contributed by atoms with Crippen LogP contribution in [0.4, 0.5) is 0 Å². The number of hydrogen-bond acceptors (Lipinski definition) is 2. The van der Waals surface area contributed by atoms with Crippen molar-refractivity contribution in [1.82, 2.24) is 15.1 Å². The summed E-state index contributed by atoms with van der Waals surface area (Å²) in [5.41, 5.74) is 1.34. The Hall–Kier alpha value is -0.830. The van der Waals surface area contributed by atoms with Gasteiger partial charge < -0.3 is 5.32 Å². The van der Waals surface area contributed by atoms with Crippen LogP contribution in [-0.2, 0) is 6.54 Å². The highest BCUT2D eigenvalue weighted by Gasteiger charge is 2.19. The number of hydrogen-bond donors (Lipinski definition) is 1. The predicted molar refractivity (Wildman–Crippen MR) is 52.4 cm³/mol. The van der Waals surface area contributed by atoms with E-state index in [9.17, 15) is 0 Å². The molecule has 1 aromatic rings. The van der Waals surface area contributed by atoms with E-state index in [4.69, 9.17) is 0 Å². The van der Waals surface area contributed by atoms with E-state index in [1.54, 1.807) is 0 Å². The molecule has 13 heavy (non-hydrogen) atoms. The van der Waals surface area contributed by atoms with Gasteiger partial charge in [-0.2, -0.15) is 5.10 Å². The molecule has 2 rings (SSSR count). The molecule has 0 bridgehead atoms. The normalized spacial score (nSPS) is 21.9. The number of rotatable bonds is 3. The maximum Gasteiger partial charge on any atom is 0.0537 e. The molecular weight excluding hydrogens is 162 g/mol. The van der Waals surface area contributed by atoms with Crippen molar-refractivity contribution in [2.24, 2.45) is 5.92 Å². The number of nitrogens with one attached hydrogen (secondary N) is 1. The molecule has 1 fully saturated rings. The van der Waals surface area contributed by atoms with Crippen LogP contribution in [0.15, 0.2) is 12.4 Å². The maximum absolute atomic E-state index is 4.34. The van der Waals surface area contributed by atoms with Gasteiger partial charge in [0, 0.05) is 24.3 Å². The van der Waals surface area contributed by atoms with E-state index in [0.717, 1.165) is 13.1 Å². The van der Waals surface area contributed by atoms with Gasteiger partial charge in [0.05, 0.1) is 6.20 Å². The maximum atomic E-state index is 4.34. The fraction of sp³-hybridized carbons (Fsp3) is 0.700. The zero-order chi connectivity index (χ0) is 9.26. The molecule has 0 saturated carbocycles. The van der Waals surface area contributed by atoms with Crippen LogP contribution in [0.5, 0.6) is 0 Å². The van der Waals surface area contributed by atoms with Gasteiger partial charge in [0.1, 0.15) is 0 Å². The van der Waals surface area contributed by atoms with Crippen LogP contribution < -0.4 is 5.32 Å². The minimum absolute atomic E-state index is 0.570. The first-order chi connectivity index (χ1) is 6.25. The van der Waals surface area contributed by atoms with Crippen molar-refractivity contribution in [3.63, 3.8) is 0 Å². The lowest BCUT2D eigenvalue weighted by Crippen LogP contribution is -2.34. The Bertz CT molecular complexity index is 273. The Balaban J connectivity index is 2.00. The summed E-state index contributed by atoms with van der Waals surface area (Å²) >= 11 is 0. The average molecular weight is 179 g/mol. The summed E-state index contributed by atoms with van der Waals surface area (Å²) in [4.78, 5) is 0. The zero-order valence-electron chi connectivity index (χ0n) is 8.33. The molecule has 1 unspecified atom stereocenters. The number of aromatic nitrogens is 2. The lowest BCUT2D eigenvalue weighted by molar-refractivity contribution is 0.382. The quantitative estimate of drug-likeness (QED) is 0.763. The molecule has 0 amide bonds. The van der Waals surface area contributed by atoms with Crippen molar-refractivity contribution in [3.8, 4) is 0 Å². The van der Waals surface area contributed by atoms with E-state index >= 15 is 0 Å². The van der Waals surface area contributed by atoms with Crippen molar-refractivity contribution in [3.05, 3.63) is 18.0 Å². The molecule has 1 aliphatic heterocycles. The first kappa shape index (κ1) is 8.75. The molecule has 2 heterocycles. The Labute approximate surface area is 79.1 Å². The first-order valence-electron chi connectivity index (χ1n) is 5.01. The molecule has 1 N–H and O–H groups in total. The Kier molecular flexibility index (Phi) is 2.36. The van der Waals surface area contributed by atoms with Gasteiger partial charge in [0.15, 0.2) is 0 Å². The molecule has 72 valence electrons. The highest BCUT2D eigenvalue weighted by Crippen LogP contribution is 2.21. The van der Waals surface area contributed by atoms with E-state index in [0.29, 0.717) is 12.0 Å². The van der Waals surface area contributed by atoms with Crippen LogP contribution in [0.2, 0.25) is 0 Å².